The second kappa shape index (κ2) is 22.7. The molecular weight excluding hydrogens is 1030 g/mol. The van der Waals surface area contributed by atoms with E-state index in [2.05, 4.69) is 27.4 Å². The van der Waals surface area contributed by atoms with Crippen LogP contribution < -0.4 is 15.1 Å². The molecule has 22 heteroatoms. The number of fused-ring (bicyclic) bond motifs is 2. The molecule has 8 atom stereocenters. The number of ether oxygens (including phenoxy) is 3. The average molecular weight is 1100 g/mol. The first-order chi connectivity index (χ1) is 38.0. The zero-order valence-electron chi connectivity index (χ0n) is 45.0. The van der Waals surface area contributed by atoms with Crippen molar-refractivity contribution in [2.75, 3.05) is 64.4 Å². The number of carbonyl (C=O) groups is 4. The highest BCUT2D eigenvalue weighted by atomic mass is 19.1. The van der Waals surface area contributed by atoms with Gasteiger partial charge in [-0.05, 0) is 101 Å². The van der Waals surface area contributed by atoms with E-state index >= 15 is 17.6 Å². The largest absolute Gasteiger partial charge is 0.465 e. The van der Waals surface area contributed by atoms with E-state index in [1.807, 2.05) is 18.2 Å². The van der Waals surface area contributed by atoms with Gasteiger partial charge in [-0.1, -0.05) is 30.3 Å². The zero-order chi connectivity index (χ0) is 56.0. The molecule has 4 fully saturated rings. The van der Waals surface area contributed by atoms with E-state index in [0.717, 1.165) is 4.90 Å². The van der Waals surface area contributed by atoms with Gasteiger partial charge in [-0.15, -0.1) is 0 Å². The van der Waals surface area contributed by atoms with E-state index in [4.69, 9.17) is 24.2 Å². The summed E-state index contributed by atoms with van der Waals surface area (Å²) in [5.41, 5.74) is 2.80. The Morgan fingerprint density at radius 1 is 0.671 bits per heavy atom. The number of nitrogens with one attached hydrogen (secondary N) is 3. The SMILES string of the molecule is COC(=O)N[C@H](C(=O)N1CCC[C@H]1c1nc2cc(F)c([C@H]3CC[C@H](c4cc5[nH]c([C@@H]6CCCN6C(=O)[C@H]([C@@H](C)OC)N(C)C(=O)O)nc5cc4F)N3c3cc(F)c(N4CCC(c5ccccc5)CC4)c(F)c3)cc2[nH]1)[C@@H](C)OC. The predicted molar refractivity (Wildman–Crippen MR) is 286 cm³/mol. The molecule has 4 aliphatic rings. The van der Waals surface area contributed by atoms with Crippen molar-refractivity contribution in [2.24, 2.45) is 0 Å². The van der Waals surface area contributed by atoms with E-state index in [0.29, 0.717) is 87.4 Å². The molecule has 6 heterocycles. The number of amides is 4. The lowest BCUT2D eigenvalue weighted by atomic mass is 9.89. The van der Waals surface area contributed by atoms with Crippen LogP contribution in [0.15, 0.2) is 66.7 Å². The number of halogens is 4. The van der Waals surface area contributed by atoms with Gasteiger partial charge in [0.25, 0.3) is 0 Å². The maximum Gasteiger partial charge on any atom is 0.407 e. The quantitative estimate of drug-likeness (QED) is 0.0711. The molecule has 0 unspecified atom stereocenters. The second-order valence-corrected chi connectivity index (χ2v) is 21.2. The summed E-state index contributed by atoms with van der Waals surface area (Å²) in [6.07, 6.45) is 0.507. The molecule has 2 aromatic heterocycles. The van der Waals surface area contributed by atoms with Crippen LogP contribution in [0.3, 0.4) is 0 Å². The van der Waals surface area contributed by atoms with Gasteiger partial charge in [0, 0.05) is 76.4 Å². The van der Waals surface area contributed by atoms with Crippen molar-refractivity contribution in [3.63, 3.8) is 0 Å². The summed E-state index contributed by atoms with van der Waals surface area (Å²) in [6.45, 7) is 4.78. The molecule has 420 valence electrons. The number of methoxy groups -OCH3 is 3. The van der Waals surface area contributed by atoms with Crippen molar-refractivity contribution in [1.82, 2.24) is 40.0 Å². The molecular formula is C57H66F4N10O8. The van der Waals surface area contributed by atoms with Gasteiger partial charge < -0.3 is 54.2 Å². The summed E-state index contributed by atoms with van der Waals surface area (Å²) in [5.74, 6) is -2.82. The number of likely N-dealkylation sites (tertiary alicyclic amines) is 2. The summed E-state index contributed by atoms with van der Waals surface area (Å²) >= 11 is 0. The van der Waals surface area contributed by atoms with Crippen LogP contribution >= 0.6 is 0 Å². The fourth-order valence-electron chi connectivity index (χ4n) is 12.5. The van der Waals surface area contributed by atoms with Gasteiger partial charge in [0.2, 0.25) is 11.8 Å². The lowest BCUT2D eigenvalue weighted by Gasteiger charge is -2.36. The summed E-state index contributed by atoms with van der Waals surface area (Å²) < 4.78 is 83.4. The number of likely N-dealkylation sites (N-methyl/N-ethyl adjacent to an activating group) is 1. The summed E-state index contributed by atoms with van der Waals surface area (Å²) in [5, 5.41) is 12.4. The molecule has 4 aromatic carbocycles. The fourth-order valence-corrected chi connectivity index (χ4v) is 12.5. The number of piperidine rings is 1. The Balaban J connectivity index is 0.998. The number of anilines is 2. The van der Waals surface area contributed by atoms with Crippen LogP contribution in [0.2, 0.25) is 0 Å². The molecule has 0 aliphatic carbocycles. The van der Waals surface area contributed by atoms with Crippen LogP contribution in [0.5, 0.6) is 0 Å². The molecule has 4 aliphatic heterocycles. The minimum absolute atomic E-state index is 0.0758. The number of rotatable bonds is 15. The topological polar surface area (TPSA) is 202 Å². The number of carboxylic acid groups (broad SMARTS) is 1. The van der Waals surface area contributed by atoms with Crippen molar-refractivity contribution in [3.05, 3.63) is 118 Å². The highest BCUT2D eigenvalue weighted by Crippen LogP contribution is 2.50. The van der Waals surface area contributed by atoms with Crippen molar-refractivity contribution >= 4 is 57.4 Å². The van der Waals surface area contributed by atoms with E-state index < -0.39 is 95.7 Å². The lowest BCUT2D eigenvalue weighted by Crippen LogP contribution is -2.54. The minimum Gasteiger partial charge on any atom is -0.465 e. The predicted octanol–water partition coefficient (Wildman–Crippen LogP) is 9.56. The third-order valence-corrected chi connectivity index (χ3v) is 16.8. The lowest BCUT2D eigenvalue weighted by molar-refractivity contribution is -0.141. The number of carbonyl (C=O) groups excluding carboxylic acids is 3. The van der Waals surface area contributed by atoms with Crippen LogP contribution in [0.25, 0.3) is 22.1 Å². The van der Waals surface area contributed by atoms with Crippen LogP contribution in [-0.2, 0) is 23.8 Å². The van der Waals surface area contributed by atoms with Crippen LogP contribution in [0.1, 0.15) is 124 Å². The summed E-state index contributed by atoms with van der Waals surface area (Å²) in [4.78, 5) is 76.1. The van der Waals surface area contributed by atoms with Crippen LogP contribution in [0, 0.1) is 23.3 Å². The van der Waals surface area contributed by atoms with E-state index in [-0.39, 0.29) is 52.3 Å². The number of H-pyrrole nitrogens is 2. The van der Waals surface area contributed by atoms with E-state index in [9.17, 15) is 24.3 Å². The highest BCUT2D eigenvalue weighted by molar-refractivity contribution is 5.88. The Hall–Kier alpha value is -7.46. The first kappa shape index (κ1) is 54.9. The first-order valence-corrected chi connectivity index (χ1v) is 26.9. The highest BCUT2D eigenvalue weighted by Gasteiger charge is 2.44. The molecule has 0 spiro atoms. The summed E-state index contributed by atoms with van der Waals surface area (Å²) in [7, 11) is 5.33. The molecule has 18 nitrogen and oxygen atoms in total. The van der Waals surface area contributed by atoms with Crippen molar-refractivity contribution in [2.45, 2.75) is 120 Å². The van der Waals surface area contributed by atoms with Crippen molar-refractivity contribution in [1.29, 1.82) is 0 Å². The average Bonchev–Trinajstić information content (AvgIpc) is 4.53. The normalized spacial score (nSPS) is 21.4. The number of hydrogen-bond donors (Lipinski definition) is 4. The Morgan fingerprint density at radius 2 is 1.19 bits per heavy atom. The Labute approximate surface area is 454 Å². The molecule has 79 heavy (non-hydrogen) atoms. The van der Waals surface area contributed by atoms with E-state index in [1.165, 1.54) is 58.2 Å². The molecule has 0 radical (unpaired) electrons. The van der Waals surface area contributed by atoms with E-state index in [1.54, 1.807) is 45.6 Å². The number of alkyl carbamates (subject to hydrolysis) is 1. The smallest absolute Gasteiger partial charge is 0.407 e. The van der Waals surface area contributed by atoms with Gasteiger partial charge in [-0.2, -0.15) is 0 Å². The fraction of sp³-hybridized carbons (Fsp3) is 0.474. The Kier molecular flexibility index (Phi) is 15.8. The number of imidazole rings is 2. The molecule has 6 aromatic rings. The van der Waals surface area contributed by atoms with Crippen LogP contribution in [0.4, 0.5) is 38.5 Å². The van der Waals surface area contributed by atoms with Gasteiger partial charge in [0.1, 0.15) is 41.1 Å². The van der Waals surface area contributed by atoms with Gasteiger partial charge >= 0.3 is 12.2 Å². The van der Waals surface area contributed by atoms with Crippen molar-refractivity contribution < 1.29 is 56.1 Å². The number of aromatic nitrogens is 4. The Bertz CT molecular complexity index is 3220. The van der Waals surface area contributed by atoms with Gasteiger partial charge in [0.05, 0.1) is 65.6 Å². The molecule has 10 rings (SSSR count). The minimum atomic E-state index is -1.30. The number of benzene rings is 4. The zero-order valence-corrected chi connectivity index (χ0v) is 45.0. The first-order valence-electron chi connectivity index (χ1n) is 26.9. The molecule has 0 saturated carbocycles. The summed E-state index contributed by atoms with van der Waals surface area (Å²) in [6, 6.07) is 13.1. The third-order valence-electron chi connectivity index (χ3n) is 16.8. The number of nitrogens with zero attached hydrogens (tertiary/aromatic N) is 7. The van der Waals surface area contributed by atoms with Crippen LogP contribution in [-0.4, -0.2) is 143 Å². The molecule has 4 N–H and O–H groups in total. The maximum absolute atomic E-state index is 17.0. The van der Waals surface area contributed by atoms with Gasteiger partial charge in [0.15, 0.2) is 11.6 Å². The van der Waals surface area contributed by atoms with Gasteiger partial charge in [-0.25, -0.2) is 37.1 Å². The third kappa shape index (κ3) is 10.5. The second-order valence-electron chi connectivity index (χ2n) is 21.2. The molecule has 4 amide bonds. The van der Waals surface area contributed by atoms with Crippen molar-refractivity contribution in [3.8, 4) is 0 Å². The standard InChI is InChI=1S/C57H66F4N10O8/c1-30(77-4)49(66-56(74)79-6)54(72)69-20-10-14-47(69)52-62-41-26-35(37(58)28-43(41)64-52)45-16-17-46(71(45)34-24-39(60)51(40(61)25-34)68-22-18-33(19-23-68)32-12-8-7-9-13-32)36-27-42-44(29-38(36)59)65-53(63-42)48-15-11-21-70(48)55(73)50(31(2)78-5)67(3)57(75)76/h7-9,12-13,24-31,33,45-50H,10-11,14-23H2,1-6H3,(H,62,64)(H,63,65)(H,66,74)(H,75,76)/t30-,31-,45-,46-,47+,48+,49+,50+/m1/s1. The monoisotopic (exact) mass is 1090 g/mol. The van der Waals surface area contributed by atoms with Gasteiger partial charge in [-0.3, -0.25) is 14.5 Å². The molecule has 4 saturated heterocycles. The molecule has 0 bridgehead atoms. The maximum atomic E-state index is 17.0. The Morgan fingerprint density at radius 3 is 1.68 bits per heavy atom. The number of aromatic amines is 2. The number of hydrogen-bond acceptors (Lipinski definition) is 11.